The molecule has 4 aromatic rings. The van der Waals surface area contributed by atoms with E-state index in [-0.39, 0.29) is 0 Å². The number of nitrogens with zero attached hydrogens (tertiary/aromatic N) is 1. The summed E-state index contributed by atoms with van der Waals surface area (Å²) in [4.78, 5) is 4.63. The number of rotatable bonds is 5. The van der Waals surface area contributed by atoms with E-state index < -0.39 is 0 Å². The quantitative estimate of drug-likeness (QED) is 0.275. The lowest BCUT2D eigenvalue weighted by Gasteiger charge is -2.12. The molecule has 144 valence electrons. The van der Waals surface area contributed by atoms with Crippen molar-refractivity contribution in [1.82, 2.24) is 0 Å². The molecule has 0 amide bonds. The molecule has 0 saturated heterocycles. The molecule has 4 rings (SSSR count). The number of hydrogen-bond donors (Lipinski definition) is 0. The first-order valence-corrected chi connectivity index (χ1v) is 10.5. The van der Waals surface area contributed by atoms with E-state index in [0.29, 0.717) is 11.6 Å². The molecule has 0 heterocycles. The van der Waals surface area contributed by atoms with E-state index in [2.05, 4.69) is 57.3 Å². The highest BCUT2D eigenvalue weighted by molar-refractivity contribution is 9.10. The van der Waals surface area contributed by atoms with E-state index in [1.807, 2.05) is 55.6 Å². The predicted octanol–water partition coefficient (Wildman–Crippen LogP) is 7.89. The highest BCUT2D eigenvalue weighted by Gasteiger charge is 2.07. The topological polar surface area (TPSA) is 21.6 Å². The summed E-state index contributed by atoms with van der Waals surface area (Å²) in [5, 5.41) is 3.13. The van der Waals surface area contributed by atoms with Crippen molar-refractivity contribution < 1.29 is 4.74 Å². The maximum Gasteiger partial charge on any atom is 0.128 e. The number of benzene rings is 4. The monoisotopic (exact) mass is 463 g/mol. The minimum absolute atomic E-state index is 0.486. The minimum atomic E-state index is 0.486. The molecule has 0 radical (unpaired) electrons. The van der Waals surface area contributed by atoms with Crippen LogP contribution < -0.4 is 4.74 Å². The van der Waals surface area contributed by atoms with E-state index >= 15 is 0 Å². The van der Waals surface area contributed by atoms with Gasteiger partial charge in [-0.3, -0.25) is 4.99 Å². The molecule has 0 aliphatic rings. The van der Waals surface area contributed by atoms with Crippen LogP contribution in [0, 0.1) is 6.92 Å². The van der Waals surface area contributed by atoms with Crippen LogP contribution in [-0.4, -0.2) is 6.21 Å². The lowest BCUT2D eigenvalue weighted by Crippen LogP contribution is -1.99. The van der Waals surface area contributed by atoms with Crippen molar-refractivity contribution >= 4 is 50.2 Å². The van der Waals surface area contributed by atoms with Crippen LogP contribution in [0.25, 0.3) is 10.8 Å². The van der Waals surface area contributed by atoms with Gasteiger partial charge in [0.15, 0.2) is 0 Å². The van der Waals surface area contributed by atoms with Crippen LogP contribution in [0.5, 0.6) is 5.75 Å². The average molecular weight is 465 g/mol. The predicted molar refractivity (Wildman–Crippen MR) is 126 cm³/mol. The number of ether oxygens (including phenoxy) is 1. The summed E-state index contributed by atoms with van der Waals surface area (Å²) in [7, 11) is 0. The van der Waals surface area contributed by atoms with Gasteiger partial charge in [0, 0.05) is 21.3 Å². The van der Waals surface area contributed by atoms with E-state index in [1.54, 1.807) is 0 Å². The van der Waals surface area contributed by atoms with Gasteiger partial charge in [0.2, 0.25) is 0 Å². The number of halogens is 2. The summed E-state index contributed by atoms with van der Waals surface area (Å²) in [6.07, 6.45) is 1.82. The van der Waals surface area contributed by atoms with Crippen molar-refractivity contribution in [3.8, 4) is 5.75 Å². The SMILES string of the molecule is Cc1c(Cl)cccc1N=Cc1cc(Br)ccc1OCc1cccc2ccccc12. The molecule has 0 fully saturated rings. The van der Waals surface area contributed by atoms with Gasteiger partial charge in [-0.05, 0) is 59.2 Å². The van der Waals surface area contributed by atoms with Gasteiger partial charge >= 0.3 is 0 Å². The molecule has 4 heteroatoms. The standard InChI is InChI=1S/C25H19BrClNO/c1-17-23(27)10-5-11-24(17)28-15-20-14-21(26)12-13-25(20)29-16-19-8-4-7-18-6-2-3-9-22(18)19/h2-15H,16H2,1H3. The second-order valence-corrected chi connectivity index (χ2v) is 8.07. The van der Waals surface area contributed by atoms with Crippen molar-refractivity contribution in [3.63, 3.8) is 0 Å². The van der Waals surface area contributed by atoms with E-state index in [0.717, 1.165) is 32.6 Å². The highest BCUT2D eigenvalue weighted by Crippen LogP contribution is 2.28. The van der Waals surface area contributed by atoms with Gasteiger partial charge in [-0.2, -0.15) is 0 Å². The van der Waals surface area contributed by atoms with Crippen LogP contribution in [-0.2, 0) is 6.61 Å². The molecule has 29 heavy (non-hydrogen) atoms. The Morgan fingerprint density at radius 3 is 2.66 bits per heavy atom. The molecule has 0 saturated carbocycles. The maximum absolute atomic E-state index is 6.21. The molecule has 0 unspecified atom stereocenters. The number of hydrogen-bond acceptors (Lipinski definition) is 2. The van der Waals surface area contributed by atoms with Crippen molar-refractivity contribution in [2.75, 3.05) is 0 Å². The fourth-order valence-electron chi connectivity index (χ4n) is 3.20. The number of aliphatic imine (C=N–C) groups is 1. The molecular weight excluding hydrogens is 446 g/mol. The first-order valence-electron chi connectivity index (χ1n) is 9.30. The molecule has 0 aromatic heterocycles. The Hall–Kier alpha value is -2.62. The summed E-state index contributed by atoms with van der Waals surface area (Å²) in [5.74, 6) is 0.782. The van der Waals surface area contributed by atoms with Crippen molar-refractivity contribution in [2.45, 2.75) is 13.5 Å². The van der Waals surface area contributed by atoms with E-state index in [4.69, 9.17) is 16.3 Å². The Morgan fingerprint density at radius 2 is 1.76 bits per heavy atom. The lowest BCUT2D eigenvalue weighted by molar-refractivity contribution is 0.307. The zero-order valence-electron chi connectivity index (χ0n) is 15.9. The molecular formula is C25H19BrClNO. The van der Waals surface area contributed by atoms with Crippen LogP contribution in [0.2, 0.25) is 5.02 Å². The first-order chi connectivity index (χ1) is 14.1. The molecule has 0 atom stereocenters. The van der Waals surface area contributed by atoms with E-state index in [1.165, 1.54) is 10.8 Å². The summed E-state index contributed by atoms with van der Waals surface area (Å²) in [5.41, 5.74) is 3.86. The van der Waals surface area contributed by atoms with Crippen molar-refractivity contribution in [3.05, 3.63) is 105 Å². The third-order valence-electron chi connectivity index (χ3n) is 4.82. The smallest absolute Gasteiger partial charge is 0.128 e. The van der Waals surface area contributed by atoms with E-state index in [9.17, 15) is 0 Å². The van der Waals surface area contributed by atoms with Gasteiger partial charge in [-0.25, -0.2) is 0 Å². The fourth-order valence-corrected chi connectivity index (χ4v) is 3.75. The third kappa shape index (κ3) is 4.52. The molecule has 4 aromatic carbocycles. The first kappa shape index (κ1) is 19.7. The zero-order valence-corrected chi connectivity index (χ0v) is 18.2. The maximum atomic E-state index is 6.21. The number of fused-ring (bicyclic) bond motifs is 1. The second-order valence-electron chi connectivity index (χ2n) is 6.75. The third-order valence-corrected chi connectivity index (χ3v) is 5.72. The van der Waals surface area contributed by atoms with Crippen molar-refractivity contribution in [1.29, 1.82) is 0 Å². The Morgan fingerprint density at radius 1 is 0.966 bits per heavy atom. The van der Waals surface area contributed by atoms with Crippen LogP contribution in [0.1, 0.15) is 16.7 Å². The Bertz CT molecular complexity index is 1200. The molecule has 0 N–H and O–H groups in total. The average Bonchev–Trinajstić information content (AvgIpc) is 2.74. The molecule has 2 nitrogen and oxygen atoms in total. The van der Waals surface area contributed by atoms with Gasteiger partial charge in [0.25, 0.3) is 0 Å². The zero-order chi connectivity index (χ0) is 20.2. The van der Waals surface area contributed by atoms with Gasteiger partial charge in [-0.15, -0.1) is 0 Å². The molecule has 0 aliphatic carbocycles. The van der Waals surface area contributed by atoms with Crippen LogP contribution >= 0.6 is 27.5 Å². The van der Waals surface area contributed by atoms with Gasteiger partial charge in [0.1, 0.15) is 12.4 Å². The minimum Gasteiger partial charge on any atom is -0.488 e. The molecule has 0 aliphatic heterocycles. The fraction of sp³-hybridized carbons (Fsp3) is 0.0800. The Kier molecular flexibility index (Phi) is 5.98. The van der Waals surface area contributed by atoms with Gasteiger partial charge in [0.05, 0.1) is 5.69 Å². The largest absolute Gasteiger partial charge is 0.488 e. The second kappa shape index (κ2) is 8.81. The summed E-state index contributed by atoms with van der Waals surface area (Å²) < 4.78 is 7.16. The normalized spacial score (nSPS) is 11.3. The Labute approximate surface area is 184 Å². The highest BCUT2D eigenvalue weighted by atomic mass is 79.9. The summed E-state index contributed by atoms with van der Waals surface area (Å²) in [6.45, 7) is 2.45. The van der Waals surface area contributed by atoms with Crippen molar-refractivity contribution in [2.24, 2.45) is 4.99 Å². The van der Waals surface area contributed by atoms with Gasteiger partial charge < -0.3 is 4.74 Å². The van der Waals surface area contributed by atoms with Gasteiger partial charge in [-0.1, -0.05) is 76.1 Å². The lowest BCUT2D eigenvalue weighted by atomic mass is 10.1. The summed E-state index contributed by atoms with van der Waals surface area (Å²) >= 11 is 9.75. The summed E-state index contributed by atoms with van der Waals surface area (Å²) in [6, 6.07) is 26.3. The molecule has 0 spiro atoms. The molecule has 0 bridgehead atoms. The van der Waals surface area contributed by atoms with Crippen LogP contribution in [0.3, 0.4) is 0 Å². The Balaban J connectivity index is 1.61. The van der Waals surface area contributed by atoms with Crippen LogP contribution in [0.15, 0.2) is 88.3 Å². The van der Waals surface area contributed by atoms with Crippen LogP contribution in [0.4, 0.5) is 5.69 Å².